The molecule has 1 N–H and O–H groups in total. The first kappa shape index (κ1) is 28.7. The molecule has 0 bridgehead atoms. The number of fused-ring (bicyclic) bond motifs is 3. The van der Waals surface area contributed by atoms with Crippen LogP contribution >= 0.6 is 0 Å². The molecule has 6 rings (SSSR count). The second-order valence-electron chi connectivity index (χ2n) is 12.3. The topological polar surface area (TPSA) is 63.2 Å². The Kier molecular flexibility index (Phi) is 8.04. The van der Waals surface area contributed by atoms with Crippen LogP contribution in [0.2, 0.25) is 0 Å². The van der Waals surface area contributed by atoms with Gasteiger partial charge in [0.15, 0.2) is 0 Å². The minimum absolute atomic E-state index is 0.0178. The molecule has 2 heterocycles. The van der Waals surface area contributed by atoms with Crippen LogP contribution in [0.4, 0.5) is 0 Å². The summed E-state index contributed by atoms with van der Waals surface area (Å²) in [5, 5.41) is 10.4. The number of hydrogen-bond donors (Lipinski definition) is 1. The predicted octanol–water partition coefficient (Wildman–Crippen LogP) is 7.08. The third-order valence-electron chi connectivity index (χ3n) is 8.32. The predicted molar refractivity (Wildman–Crippen MR) is 171 cm³/mol. The van der Waals surface area contributed by atoms with Crippen LogP contribution < -0.4 is 14.8 Å². The van der Waals surface area contributed by atoms with Gasteiger partial charge in [0.25, 0.3) is 6.23 Å². The van der Waals surface area contributed by atoms with Crippen molar-refractivity contribution in [1.29, 1.82) is 0 Å². The van der Waals surface area contributed by atoms with Crippen LogP contribution in [0, 0.1) is 0 Å². The monoisotopic (exact) mass is 573 g/mol. The number of ether oxygens (including phenoxy) is 2. The Balaban J connectivity index is 1.15. The molecular weight excluding hydrogens is 534 g/mol. The fourth-order valence-corrected chi connectivity index (χ4v) is 5.73. The van der Waals surface area contributed by atoms with Gasteiger partial charge in [-0.15, -0.1) is 0 Å². The number of hydrogen-bond acceptors (Lipinski definition) is 6. The Morgan fingerprint density at radius 1 is 0.930 bits per heavy atom. The molecule has 4 aromatic rings. The highest BCUT2D eigenvalue weighted by Gasteiger charge is 2.43. The van der Waals surface area contributed by atoms with E-state index < -0.39 is 6.23 Å². The quantitative estimate of drug-likeness (QED) is 0.171. The number of rotatable bonds is 9. The molecule has 0 radical (unpaired) electrons. The van der Waals surface area contributed by atoms with E-state index in [1.807, 2.05) is 59.6 Å². The van der Waals surface area contributed by atoms with Gasteiger partial charge in [-0.3, -0.25) is 4.79 Å². The summed E-state index contributed by atoms with van der Waals surface area (Å²) in [6, 6.07) is 32.6. The van der Waals surface area contributed by atoms with Crippen molar-refractivity contribution in [3.8, 4) is 11.5 Å². The van der Waals surface area contributed by atoms with Crippen LogP contribution in [0.25, 0.3) is 0 Å². The zero-order valence-corrected chi connectivity index (χ0v) is 25.3. The summed E-state index contributed by atoms with van der Waals surface area (Å²) >= 11 is 0. The van der Waals surface area contributed by atoms with Crippen molar-refractivity contribution in [3.63, 3.8) is 0 Å². The van der Waals surface area contributed by atoms with E-state index >= 15 is 0 Å². The second kappa shape index (κ2) is 12.1. The normalized spacial score (nSPS) is 17.5. The van der Waals surface area contributed by atoms with Gasteiger partial charge in [-0.1, -0.05) is 99.6 Å². The fourth-order valence-electron chi connectivity index (χ4n) is 5.73. The summed E-state index contributed by atoms with van der Waals surface area (Å²) in [6.45, 7) is 8.20. The van der Waals surface area contributed by atoms with Crippen molar-refractivity contribution in [1.82, 2.24) is 10.3 Å². The maximum atomic E-state index is 13.8. The fraction of sp³-hybridized carbons (Fsp3) is 0.297. The number of ketones is 1. The average Bonchev–Trinajstić information content (AvgIpc) is 3.49. The van der Waals surface area contributed by atoms with E-state index in [2.05, 4.69) is 68.6 Å². The van der Waals surface area contributed by atoms with E-state index in [4.69, 9.17) is 14.6 Å². The molecular formula is C37H39N3O3. The summed E-state index contributed by atoms with van der Waals surface area (Å²) < 4.78 is 11.6. The van der Waals surface area contributed by atoms with Crippen molar-refractivity contribution >= 4 is 11.5 Å². The van der Waals surface area contributed by atoms with Gasteiger partial charge in [-0.2, -0.15) is 5.10 Å². The summed E-state index contributed by atoms with van der Waals surface area (Å²) in [5.74, 6) is 1.55. The van der Waals surface area contributed by atoms with Gasteiger partial charge >= 0.3 is 0 Å². The largest absolute Gasteiger partial charge is 0.497 e. The van der Waals surface area contributed by atoms with Crippen LogP contribution in [0.15, 0.2) is 102 Å². The van der Waals surface area contributed by atoms with Crippen LogP contribution in [-0.4, -0.2) is 36.4 Å². The number of methoxy groups -OCH3 is 1. The van der Waals surface area contributed by atoms with E-state index in [0.29, 0.717) is 12.0 Å². The highest BCUT2D eigenvalue weighted by Crippen LogP contribution is 2.43. The molecule has 0 spiro atoms. The molecule has 0 amide bonds. The van der Waals surface area contributed by atoms with Gasteiger partial charge < -0.3 is 14.8 Å². The van der Waals surface area contributed by atoms with Gasteiger partial charge in [0, 0.05) is 24.1 Å². The number of benzene rings is 4. The molecule has 0 aliphatic carbocycles. The van der Waals surface area contributed by atoms with Crippen LogP contribution in [0.3, 0.4) is 0 Å². The van der Waals surface area contributed by atoms with Gasteiger partial charge in [0.05, 0.1) is 18.9 Å². The van der Waals surface area contributed by atoms with Crippen molar-refractivity contribution in [2.75, 3.05) is 13.7 Å². The van der Waals surface area contributed by atoms with Crippen molar-refractivity contribution in [2.45, 2.75) is 57.8 Å². The van der Waals surface area contributed by atoms with Gasteiger partial charge in [0.2, 0.25) is 5.78 Å². The third-order valence-corrected chi connectivity index (χ3v) is 8.32. The molecule has 2 unspecified atom stereocenters. The number of nitrogens with one attached hydrogen (secondary N) is 1. The Labute approximate surface area is 254 Å². The summed E-state index contributed by atoms with van der Waals surface area (Å²) in [6.07, 6.45) is 0.861. The van der Waals surface area contributed by atoms with E-state index in [-0.39, 0.29) is 17.2 Å². The molecule has 220 valence electrons. The lowest BCUT2D eigenvalue weighted by atomic mass is 9.86. The maximum Gasteiger partial charge on any atom is 0.251 e. The highest BCUT2D eigenvalue weighted by molar-refractivity contribution is 6.03. The van der Waals surface area contributed by atoms with Crippen LogP contribution in [-0.2, 0) is 18.4 Å². The molecule has 2 aliphatic rings. The number of para-hydroxylation sites is 1. The Hall–Kier alpha value is -4.42. The average molecular weight is 574 g/mol. The number of nitrogens with zero attached hydrogens (tertiary/aromatic N) is 2. The number of carbonyl (C=O) groups is 1. The molecule has 0 saturated carbocycles. The third kappa shape index (κ3) is 6.20. The first-order valence-corrected chi connectivity index (χ1v) is 15.0. The molecule has 6 heteroatoms. The molecule has 4 aromatic carbocycles. The zero-order valence-electron chi connectivity index (χ0n) is 25.3. The van der Waals surface area contributed by atoms with E-state index in [9.17, 15) is 4.79 Å². The lowest BCUT2D eigenvalue weighted by molar-refractivity contribution is -0.00455. The Bertz CT molecular complexity index is 1600. The number of carbonyl (C=O) groups excluding carboxylic acids is 1. The van der Waals surface area contributed by atoms with Gasteiger partial charge in [0.1, 0.15) is 11.5 Å². The SMILES string of the molecule is COc1ccc(CCNCc2ccc(C3=NN4C(C(=O)c5ccc(C(C)(C)C)cc5)Oc5ccccc5C4C3)cc2)cc1. The smallest absolute Gasteiger partial charge is 0.251 e. The number of hydrazone groups is 1. The molecule has 2 aliphatic heterocycles. The zero-order chi connectivity index (χ0) is 30.0. The van der Waals surface area contributed by atoms with Crippen LogP contribution in [0.5, 0.6) is 11.5 Å². The number of Topliss-reactive ketones (excluding diaryl/α,β-unsaturated/α-hetero) is 1. The highest BCUT2D eigenvalue weighted by atomic mass is 16.5. The second-order valence-corrected chi connectivity index (χ2v) is 12.3. The lowest BCUT2D eigenvalue weighted by Gasteiger charge is -2.37. The van der Waals surface area contributed by atoms with E-state index in [1.165, 1.54) is 16.7 Å². The molecule has 0 aromatic heterocycles. The molecule has 2 atom stereocenters. The minimum atomic E-state index is -0.813. The summed E-state index contributed by atoms with van der Waals surface area (Å²) in [5.41, 5.74) is 7.42. The standard InChI is InChI=1S/C37H39N3O3/c1-37(2,3)29-17-15-28(16-18-29)35(41)36-40-33(31-7-5-6-8-34(31)43-36)23-32(39-40)27-13-9-26(10-14-27)24-38-22-21-25-11-19-30(42-4)20-12-25/h5-20,33,36,38H,21-24H2,1-4H3. The summed E-state index contributed by atoms with van der Waals surface area (Å²) in [4.78, 5) is 13.8. The first-order valence-electron chi connectivity index (χ1n) is 15.0. The maximum absolute atomic E-state index is 13.8. The molecule has 6 nitrogen and oxygen atoms in total. The molecule has 0 fully saturated rings. The van der Waals surface area contributed by atoms with Crippen molar-refractivity contribution in [2.24, 2.45) is 5.10 Å². The molecule has 0 saturated heterocycles. The summed E-state index contributed by atoms with van der Waals surface area (Å²) in [7, 11) is 1.69. The van der Waals surface area contributed by atoms with E-state index in [0.717, 1.165) is 47.8 Å². The lowest BCUT2D eigenvalue weighted by Crippen LogP contribution is -2.45. The van der Waals surface area contributed by atoms with Crippen molar-refractivity contribution < 1.29 is 14.3 Å². The van der Waals surface area contributed by atoms with Crippen molar-refractivity contribution in [3.05, 3.63) is 130 Å². The Morgan fingerprint density at radius 3 is 2.33 bits per heavy atom. The van der Waals surface area contributed by atoms with Gasteiger partial charge in [-0.25, -0.2) is 5.01 Å². The first-order chi connectivity index (χ1) is 20.8. The molecule has 43 heavy (non-hydrogen) atoms. The minimum Gasteiger partial charge on any atom is -0.497 e. The van der Waals surface area contributed by atoms with E-state index in [1.54, 1.807) is 7.11 Å². The Morgan fingerprint density at radius 2 is 1.63 bits per heavy atom. The van der Waals surface area contributed by atoms with Gasteiger partial charge in [-0.05, 0) is 58.8 Å². The van der Waals surface area contributed by atoms with Crippen LogP contribution in [0.1, 0.15) is 71.4 Å².